The van der Waals surface area contributed by atoms with Crippen LogP contribution < -0.4 is 10.2 Å². The van der Waals surface area contributed by atoms with E-state index in [1.165, 1.54) is 30.2 Å². The molecule has 0 radical (unpaired) electrons. The summed E-state index contributed by atoms with van der Waals surface area (Å²) in [7, 11) is 0. The second kappa shape index (κ2) is 14.7. The first kappa shape index (κ1) is 32.1. The minimum absolute atomic E-state index is 0.0225. The van der Waals surface area contributed by atoms with Gasteiger partial charge in [-0.2, -0.15) is 0 Å². The molecule has 0 aliphatic carbocycles. The maximum atomic E-state index is 13.2. The fourth-order valence-corrected chi connectivity index (χ4v) is 8.04. The molecule has 9 nitrogen and oxygen atoms in total. The number of amides is 1. The molecule has 5 rings (SSSR count). The van der Waals surface area contributed by atoms with Crippen LogP contribution in [0.5, 0.6) is 5.75 Å². The van der Waals surface area contributed by atoms with Gasteiger partial charge in [0, 0.05) is 42.0 Å². The lowest BCUT2D eigenvalue weighted by Crippen LogP contribution is -2.58. The van der Waals surface area contributed by atoms with E-state index >= 15 is 0 Å². The van der Waals surface area contributed by atoms with Gasteiger partial charge in [0.15, 0.2) is 0 Å². The molecule has 1 spiro atoms. The number of nitrogens with zero attached hydrogens (tertiary/aromatic N) is 2. The second-order valence-electron chi connectivity index (χ2n) is 12.4. The Bertz CT molecular complexity index is 1410. The van der Waals surface area contributed by atoms with Gasteiger partial charge in [-0.15, -0.1) is 11.3 Å². The Morgan fingerprint density at radius 2 is 1.91 bits per heavy atom. The van der Waals surface area contributed by atoms with Crippen LogP contribution >= 0.6 is 22.7 Å². The van der Waals surface area contributed by atoms with Gasteiger partial charge < -0.3 is 35.1 Å². The van der Waals surface area contributed by atoms with Crippen molar-refractivity contribution in [1.29, 1.82) is 0 Å². The highest BCUT2D eigenvalue weighted by atomic mass is 32.1. The van der Waals surface area contributed by atoms with Crippen molar-refractivity contribution in [2.45, 2.75) is 76.4 Å². The van der Waals surface area contributed by atoms with Crippen LogP contribution in [0.15, 0.2) is 28.4 Å². The fourth-order valence-electron chi connectivity index (χ4n) is 6.22. The number of thiophene rings is 1. The quantitative estimate of drug-likeness (QED) is 0.195. The minimum Gasteiger partial charge on any atom is -0.506 e. The van der Waals surface area contributed by atoms with Crippen LogP contribution in [0.3, 0.4) is 0 Å². The Morgan fingerprint density at radius 1 is 1.14 bits per heavy atom. The number of likely N-dealkylation sites (tertiary alicyclic amines) is 1. The van der Waals surface area contributed by atoms with E-state index in [0.29, 0.717) is 47.9 Å². The standard InChI is InChI=1S/C32H46N4O5S2/c1-22(2)27-18-23(20-42-27)30(39)36-16-17-41-32(21-36)10-14-35(15-11-32)13-7-5-3-4-6-12-33-19-26(38)24-8-9-25(37)28-29(24)43-31(40)34-28/h8-9,18,20,22,26,33,37-38H,3-7,10-17,19,21H2,1-2H3,(H,34,40). The Labute approximate surface area is 261 Å². The van der Waals surface area contributed by atoms with E-state index in [-0.39, 0.29) is 22.1 Å². The highest BCUT2D eigenvalue weighted by molar-refractivity contribution is 7.16. The molecule has 4 N–H and O–H groups in total. The third-order valence-corrected chi connectivity index (χ3v) is 11.0. The number of phenolic OH excluding ortho intramolecular Hbond substituents is 1. The molecule has 1 unspecified atom stereocenters. The number of ether oxygens (including phenoxy) is 1. The van der Waals surface area contributed by atoms with Crippen LogP contribution in [-0.4, -0.2) is 88.9 Å². The second-order valence-corrected chi connectivity index (χ2v) is 14.3. The van der Waals surface area contributed by atoms with Gasteiger partial charge >= 0.3 is 4.87 Å². The van der Waals surface area contributed by atoms with Crippen molar-refractivity contribution in [3.8, 4) is 5.75 Å². The zero-order valence-electron chi connectivity index (χ0n) is 25.4. The molecule has 0 saturated carbocycles. The molecule has 2 aliphatic heterocycles. The third-order valence-electron chi connectivity index (χ3n) is 8.85. The van der Waals surface area contributed by atoms with Crippen LogP contribution in [0, 0.1) is 0 Å². The fraction of sp³-hybridized carbons (Fsp3) is 0.625. The van der Waals surface area contributed by atoms with Gasteiger partial charge in [-0.3, -0.25) is 9.59 Å². The predicted molar refractivity (Wildman–Crippen MR) is 174 cm³/mol. The molecule has 3 aromatic rings. The van der Waals surface area contributed by atoms with Crippen molar-refractivity contribution in [1.82, 2.24) is 20.1 Å². The summed E-state index contributed by atoms with van der Waals surface area (Å²) in [5.74, 6) is 0.615. The predicted octanol–water partition coefficient (Wildman–Crippen LogP) is 5.06. The average molecular weight is 631 g/mol. The van der Waals surface area contributed by atoms with E-state index in [9.17, 15) is 19.8 Å². The van der Waals surface area contributed by atoms with Crippen LogP contribution in [0.2, 0.25) is 0 Å². The number of aromatic amines is 1. The lowest BCUT2D eigenvalue weighted by Gasteiger charge is -2.47. The van der Waals surface area contributed by atoms with Crippen LogP contribution in [-0.2, 0) is 4.74 Å². The number of morpholine rings is 1. The number of aromatic nitrogens is 1. The van der Waals surface area contributed by atoms with Gasteiger partial charge in [-0.25, -0.2) is 0 Å². The van der Waals surface area contributed by atoms with Gasteiger partial charge in [-0.05, 0) is 56.8 Å². The number of aliphatic hydroxyl groups excluding tert-OH is 1. The van der Waals surface area contributed by atoms with Crippen molar-refractivity contribution >= 4 is 38.8 Å². The number of fused-ring (bicyclic) bond motifs is 1. The number of H-pyrrole nitrogens is 1. The van der Waals surface area contributed by atoms with Crippen LogP contribution in [0.25, 0.3) is 10.2 Å². The highest BCUT2D eigenvalue weighted by Gasteiger charge is 2.41. The number of phenols is 1. The number of aromatic hydroxyl groups is 1. The number of piperidine rings is 1. The number of nitrogens with one attached hydrogen (secondary N) is 2. The lowest BCUT2D eigenvalue weighted by molar-refractivity contribution is -0.127. The molecule has 43 heavy (non-hydrogen) atoms. The van der Waals surface area contributed by atoms with Crippen molar-refractivity contribution in [3.63, 3.8) is 0 Å². The van der Waals surface area contributed by atoms with E-state index < -0.39 is 6.10 Å². The summed E-state index contributed by atoms with van der Waals surface area (Å²) in [6.45, 7) is 10.7. The first-order valence-electron chi connectivity index (χ1n) is 15.7. The molecular weight excluding hydrogens is 585 g/mol. The molecule has 4 heterocycles. The monoisotopic (exact) mass is 630 g/mol. The number of rotatable bonds is 13. The lowest BCUT2D eigenvalue weighted by atomic mass is 9.89. The summed E-state index contributed by atoms with van der Waals surface area (Å²) >= 11 is 2.69. The van der Waals surface area contributed by atoms with Crippen LogP contribution in [0.4, 0.5) is 0 Å². The Kier molecular flexibility index (Phi) is 11.0. The van der Waals surface area contributed by atoms with Crippen molar-refractivity contribution in [3.05, 3.63) is 49.3 Å². The van der Waals surface area contributed by atoms with Crippen molar-refractivity contribution in [2.24, 2.45) is 0 Å². The molecule has 0 bridgehead atoms. The van der Waals surface area contributed by atoms with Gasteiger partial charge in [0.05, 0.1) is 35.1 Å². The van der Waals surface area contributed by atoms with E-state index in [4.69, 9.17) is 4.74 Å². The number of benzene rings is 1. The van der Waals surface area contributed by atoms with Gasteiger partial charge in [0.1, 0.15) is 11.3 Å². The number of hydrogen-bond donors (Lipinski definition) is 4. The third kappa shape index (κ3) is 8.06. The smallest absolute Gasteiger partial charge is 0.305 e. The number of carbonyl (C=O) groups is 1. The van der Waals surface area contributed by atoms with E-state index in [2.05, 4.69) is 35.1 Å². The Balaban J connectivity index is 0.932. The van der Waals surface area contributed by atoms with Crippen molar-refractivity contribution < 1.29 is 19.7 Å². The average Bonchev–Trinajstić information content (AvgIpc) is 3.65. The summed E-state index contributed by atoms with van der Waals surface area (Å²) in [4.78, 5) is 33.1. The number of carbonyl (C=O) groups excluding carboxylic acids is 1. The Hall–Kier alpha value is -2.28. The van der Waals surface area contributed by atoms with Gasteiger partial charge in [0.25, 0.3) is 5.91 Å². The summed E-state index contributed by atoms with van der Waals surface area (Å²) < 4.78 is 6.92. The van der Waals surface area contributed by atoms with Gasteiger partial charge in [0.2, 0.25) is 0 Å². The first-order chi connectivity index (χ1) is 20.7. The first-order valence-corrected chi connectivity index (χ1v) is 17.4. The van der Waals surface area contributed by atoms with Crippen LogP contribution in [0.1, 0.15) is 91.6 Å². The topological polar surface area (TPSA) is 118 Å². The zero-order chi connectivity index (χ0) is 30.4. The molecule has 1 amide bonds. The molecule has 11 heteroatoms. The van der Waals surface area contributed by atoms with Gasteiger partial charge in [-0.1, -0.05) is 50.5 Å². The normalized spacial score (nSPS) is 18.2. The minimum atomic E-state index is -0.736. The number of aliphatic hydroxyl groups is 1. The molecule has 2 aromatic heterocycles. The van der Waals surface area contributed by atoms with Crippen molar-refractivity contribution in [2.75, 3.05) is 52.4 Å². The maximum absolute atomic E-state index is 13.2. The number of thiazole rings is 1. The SMILES string of the molecule is CC(C)c1cc(C(=O)N2CCOC3(CCN(CCCCCCCNCC(O)c4ccc(O)c5[nH]c(=O)sc45)CC3)C2)cs1. The van der Waals surface area contributed by atoms with E-state index in [0.717, 1.165) is 68.8 Å². The molecule has 2 aliphatic rings. The maximum Gasteiger partial charge on any atom is 0.305 e. The van der Waals surface area contributed by atoms with E-state index in [1.807, 2.05) is 10.3 Å². The van der Waals surface area contributed by atoms with E-state index in [1.54, 1.807) is 17.4 Å². The Morgan fingerprint density at radius 3 is 2.67 bits per heavy atom. The summed E-state index contributed by atoms with van der Waals surface area (Å²) in [6, 6.07) is 5.26. The highest BCUT2D eigenvalue weighted by Crippen LogP contribution is 2.33. The number of unbranched alkanes of at least 4 members (excludes halogenated alkanes) is 4. The summed E-state index contributed by atoms with van der Waals surface area (Å²) in [5, 5.41) is 25.9. The summed E-state index contributed by atoms with van der Waals surface area (Å²) in [5.41, 5.74) is 1.68. The molecule has 1 aromatic carbocycles. The molecule has 2 saturated heterocycles. The molecular formula is C32H46N4O5S2. The molecule has 1 atom stereocenters. The summed E-state index contributed by atoms with van der Waals surface area (Å²) in [6.07, 6.45) is 7.02. The largest absolute Gasteiger partial charge is 0.506 e. The molecule has 236 valence electrons. The number of hydrogen-bond acceptors (Lipinski definition) is 9. The zero-order valence-corrected chi connectivity index (χ0v) is 27.0. The molecule has 2 fully saturated rings.